The Balaban J connectivity index is 1.49. The van der Waals surface area contributed by atoms with Crippen LogP contribution in [0.1, 0.15) is 45.4 Å². The predicted molar refractivity (Wildman–Crippen MR) is 122 cm³/mol. The summed E-state index contributed by atoms with van der Waals surface area (Å²) in [6.07, 6.45) is 13.0. The molecule has 0 radical (unpaired) electrons. The molecule has 0 spiro atoms. The van der Waals surface area contributed by atoms with Gasteiger partial charge in [-0.25, -0.2) is 15.0 Å². The van der Waals surface area contributed by atoms with E-state index in [2.05, 4.69) is 22.9 Å². The van der Waals surface area contributed by atoms with Crippen molar-refractivity contribution in [1.29, 1.82) is 10.7 Å². The Morgan fingerprint density at radius 2 is 2.13 bits per heavy atom. The number of dihydropyridines is 1. The molecule has 4 aliphatic rings. The van der Waals surface area contributed by atoms with Gasteiger partial charge in [0.2, 0.25) is 6.29 Å². The molecule has 1 aliphatic carbocycles. The first-order chi connectivity index (χ1) is 14.7. The number of rotatable bonds is 3. The van der Waals surface area contributed by atoms with Crippen LogP contribution in [0.2, 0.25) is 0 Å². The molecule has 0 saturated carbocycles. The number of amidine groups is 1. The highest BCUT2D eigenvalue weighted by Gasteiger charge is 2.27. The van der Waals surface area contributed by atoms with Gasteiger partial charge in [-0.1, -0.05) is 13.0 Å². The number of nitriles is 1. The minimum absolute atomic E-state index is 0.306. The average Bonchev–Trinajstić information content (AvgIpc) is 3.26. The topological polar surface area (TPSA) is 100 Å². The highest BCUT2D eigenvalue weighted by molar-refractivity contribution is 6.10. The van der Waals surface area contributed by atoms with Gasteiger partial charge in [0.15, 0.2) is 0 Å². The van der Waals surface area contributed by atoms with Gasteiger partial charge in [-0.05, 0) is 49.8 Å². The molecule has 1 fully saturated rings. The fraction of sp³-hybridized carbons (Fsp3) is 0.565. The molecule has 7 heteroatoms. The lowest BCUT2D eigenvalue weighted by Gasteiger charge is -2.26. The fourth-order valence-electron chi connectivity index (χ4n) is 4.42. The zero-order valence-corrected chi connectivity index (χ0v) is 17.6. The molecule has 3 heterocycles. The predicted octanol–water partition coefficient (Wildman–Crippen LogP) is 3.60. The Labute approximate surface area is 178 Å². The number of nitrogens with one attached hydrogen (secondary N) is 1. The molecule has 0 aromatic heterocycles. The number of allylic oxidation sites excluding steroid dienone is 2. The smallest absolute Gasteiger partial charge is 0.233 e. The summed E-state index contributed by atoms with van der Waals surface area (Å²) in [5, 5.41) is 17.8. The van der Waals surface area contributed by atoms with Crippen LogP contribution >= 0.6 is 0 Å². The zero-order valence-electron chi connectivity index (χ0n) is 17.6. The lowest BCUT2D eigenvalue weighted by Crippen LogP contribution is -2.35. The monoisotopic (exact) mass is 403 g/mol. The van der Waals surface area contributed by atoms with Gasteiger partial charge in [0.25, 0.3) is 0 Å². The van der Waals surface area contributed by atoms with E-state index < -0.39 is 6.29 Å². The molecule has 0 aromatic rings. The van der Waals surface area contributed by atoms with Crippen molar-refractivity contribution < 1.29 is 0 Å². The SMILES string of the molecule is CCC1CCC(=NC2N=CCC(C3=CC(C#N)C(N4CCCC4)=NC3)=N2)C=CC1=N. The molecule has 0 bridgehead atoms. The van der Waals surface area contributed by atoms with Crippen LogP contribution in [0.3, 0.4) is 0 Å². The van der Waals surface area contributed by atoms with Crippen LogP contribution in [0.5, 0.6) is 0 Å². The third kappa shape index (κ3) is 4.48. The van der Waals surface area contributed by atoms with Crippen LogP contribution in [0.15, 0.2) is 43.8 Å². The Morgan fingerprint density at radius 3 is 2.90 bits per heavy atom. The third-order valence-corrected chi connectivity index (χ3v) is 6.21. The van der Waals surface area contributed by atoms with Crippen LogP contribution in [0.4, 0.5) is 0 Å². The van der Waals surface area contributed by atoms with Gasteiger partial charge in [0.1, 0.15) is 11.8 Å². The number of hydrogen-bond acceptors (Lipinski definition) is 7. The Hall–Kier alpha value is -2.88. The van der Waals surface area contributed by atoms with Crippen molar-refractivity contribution in [3.8, 4) is 6.07 Å². The molecule has 3 aliphatic heterocycles. The summed E-state index contributed by atoms with van der Waals surface area (Å²) in [5.74, 6) is 0.915. The largest absolute Gasteiger partial charge is 0.359 e. The molecule has 4 rings (SSSR count). The Morgan fingerprint density at radius 1 is 1.30 bits per heavy atom. The van der Waals surface area contributed by atoms with Gasteiger partial charge in [0, 0.05) is 48.8 Å². The van der Waals surface area contributed by atoms with Gasteiger partial charge < -0.3 is 10.3 Å². The summed E-state index contributed by atoms with van der Waals surface area (Å²) in [5.41, 5.74) is 3.58. The van der Waals surface area contributed by atoms with E-state index in [0.29, 0.717) is 24.6 Å². The third-order valence-electron chi connectivity index (χ3n) is 6.21. The van der Waals surface area contributed by atoms with Crippen LogP contribution < -0.4 is 0 Å². The van der Waals surface area contributed by atoms with Gasteiger partial charge in [-0.15, -0.1) is 0 Å². The van der Waals surface area contributed by atoms with Crippen molar-refractivity contribution in [3.05, 3.63) is 23.8 Å². The quantitative estimate of drug-likeness (QED) is 0.778. The number of likely N-dealkylation sites (tertiary alicyclic amines) is 1. The molecular formula is C23H29N7. The van der Waals surface area contributed by atoms with Crippen molar-refractivity contribution in [2.45, 2.75) is 51.7 Å². The van der Waals surface area contributed by atoms with E-state index in [-0.39, 0.29) is 5.92 Å². The minimum Gasteiger partial charge on any atom is -0.359 e. The van der Waals surface area contributed by atoms with Crippen LogP contribution in [0, 0.1) is 28.6 Å². The summed E-state index contributed by atoms with van der Waals surface area (Å²) >= 11 is 0. The molecule has 30 heavy (non-hydrogen) atoms. The first-order valence-electron chi connectivity index (χ1n) is 11.0. The molecule has 7 nitrogen and oxygen atoms in total. The summed E-state index contributed by atoms with van der Waals surface area (Å²) in [6.45, 7) is 4.69. The summed E-state index contributed by atoms with van der Waals surface area (Å²) < 4.78 is 0. The molecule has 3 unspecified atom stereocenters. The fourth-order valence-corrected chi connectivity index (χ4v) is 4.42. The number of aliphatic imine (C=N–C) groups is 4. The number of nitrogens with zero attached hydrogens (tertiary/aromatic N) is 6. The minimum atomic E-state index is -0.480. The van der Waals surface area contributed by atoms with Gasteiger partial charge in [0.05, 0.1) is 12.6 Å². The van der Waals surface area contributed by atoms with Crippen molar-refractivity contribution >= 4 is 29.2 Å². The maximum Gasteiger partial charge on any atom is 0.233 e. The van der Waals surface area contributed by atoms with E-state index in [1.165, 1.54) is 12.8 Å². The summed E-state index contributed by atoms with van der Waals surface area (Å²) in [6, 6.07) is 2.40. The van der Waals surface area contributed by atoms with E-state index in [0.717, 1.165) is 55.2 Å². The Bertz CT molecular complexity index is 906. The van der Waals surface area contributed by atoms with E-state index in [1.54, 1.807) is 0 Å². The normalized spacial score (nSPS) is 30.6. The van der Waals surface area contributed by atoms with Crippen molar-refractivity contribution in [3.63, 3.8) is 0 Å². The highest BCUT2D eigenvalue weighted by Crippen LogP contribution is 2.23. The first-order valence-corrected chi connectivity index (χ1v) is 11.0. The standard InChI is InChI=1S/C23H29N7/c1-2-16-5-6-19(7-8-20(16)25)28-23-26-10-9-21(29-23)18-13-17(14-24)22(27-15-18)30-11-3-4-12-30/h7-8,10,13,16-17,23,25H,2-6,9,11-12,15H2,1H3. The number of hydrogen-bond donors (Lipinski definition) is 1. The summed E-state index contributed by atoms with van der Waals surface area (Å²) in [4.78, 5) is 21.0. The second kappa shape index (κ2) is 9.29. The lowest BCUT2D eigenvalue weighted by molar-refractivity contribution is 0.498. The van der Waals surface area contributed by atoms with E-state index in [4.69, 9.17) is 20.4 Å². The average molecular weight is 404 g/mol. The van der Waals surface area contributed by atoms with Crippen molar-refractivity contribution in [1.82, 2.24) is 4.90 Å². The Kier molecular flexibility index (Phi) is 6.32. The first kappa shape index (κ1) is 20.4. The molecule has 3 atom stereocenters. The maximum absolute atomic E-state index is 9.68. The maximum atomic E-state index is 9.68. The van der Waals surface area contributed by atoms with Gasteiger partial charge in [-0.2, -0.15) is 5.26 Å². The van der Waals surface area contributed by atoms with Crippen LogP contribution in [-0.4, -0.2) is 60.0 Å². The highest BCUT2D eigenvalue weighted by atomic mass is 15.2. The van der Waals surface area contributed by atoms with E-state index >= 15 is 0 Å². The molecule has 0 aromatic carbocycles. The second-order valence-electron chi connectivity index (χ2n) is 8.18. The molecule has 0 amide bonds. The van der Waals surface area contributed by atoms with Crippen LogP contribution in [0.25, 0.3) is 0 Å². The van der Waals surface area contributed by atoms with Gasteiger partial charge >= 0.3 is 0 Å². The van der Waals surface area contributed by atoms with E-state index in [9.17, 15) is 5.26 Å². The summed E-state index contributed by atoms with van der Waals surface area (Å²) in [7, 11) is 0. The van der Waals surface area contributed by atoms with Crippen molar-refractivity contribution in [2.75, 3.05) is 19.6 Å². The lowest BCUT2D eigenvalue weighted by atomic mass is 9.96. The zero-order chi connectivity index (χ0) is 20.9. The second-order valence-corrected chi connectivity index (χ2v) is 8.18. The molecular weight excluding hydrogens is 374 g/mol. The molecule has 156 valence electrons. The van der Waals surface area contributed by atoms with Crippen molar-refractivity contribution in [2.24, 2.45) is 31.8 Å². The van der Waals surface area contributed by atoms with Gasteiger partial charge in [-0.3, -0.25) is 4.99 Å². The molecule has 1 saturated heterocycles. The van der Waals surface area contributed by atoms with E-state index in [1.807, 2.05) is 24.4 Å². The molecule has 1 N–H and O–H groups in total. The van der Waals surface area contributed by atoms with Crippen LogP contribution in [-0.2, 0) is 0 Å².